The molecule has 1 heterocycles. The van der Waals surface area contributed by atoms with E-state index in [-0.39, 0.29) is 11.8 Å². The Hall–Kier alpha value is -4.99. The molecular formula is C26H26N8O2. The first-order chi connectivity index (χ1) is 17.3. The topological polar surface area (TPSA) is 133 Å². The lowest BCUT2D eigenvalue weighted by atomic mass is 10.2. The minimum Gasteiger partial charge on any atom is -0.326 e. The molecule has 36 heavy (non-hydrogen) atoms. The summed E-state index contributed by atoms with van der Waals surface area (Å²) in [4.78, 5) is 36.0. The van der Waals surface area contributed by atoms with Crippen LogP contribution in [0.3, 0.4) is 0 Å². The fraction of sp³-hybridized carbons (Fsp3) is 0.115. The van der Waals surface area contributed by atoms with E-state index in [1.54, 1.807) is 24.3 Å². The Balaban J connectivity index is 1.58. The number of rotatable bonds is 8. The summed E-state index contributed by atoms with van der Waals surface area (Å²) in [6.45, 7) is 4.94. The van der Waals surface area contributed by atoms with Crippen molar-refractivity contribution in [1.82, 2.24) is 15.0 Å². The third-order valence-corrected chi connectivity index (χ3v) is 4.87. The molecule has 3 aromatic carbocycles. The lowest BCUT2D eigenvalue weighted by Gasteiger charge is -2.12. The normalized spacial score (nSPS) is 10.3. The smallest absolute Gasteiger partial charge is 0.233 e. The predicted molar refractivity (Wildman–Crippen MR) is 142 cm³/mol. The Bertz CT molecular complexity index is 1270. The van der Waals surface area contributed by atoms with E-state index in [1.807, 2.05) is 55.5 Å². The Labute approximate surface area is 208 Å². The molecular weight excluding hydrogens is 456 g/mol. The van der Waals surface area contributed by atoms with Gasteiger partial charge in [-0.3, -0.25) is 9.59 Å². The number of nitrogens with zero attached hydrogens (tertiary/aromatic N) is 3. The molecule has 182 valence electrons. The fourth-order valence-corrected chi connectivity index (χ4v) is 3.25. The number of aryl methyl sites for hydroxylation is 1. The van der Waals surface area contributed by atoms with E-state index < -0.39 is 0 Å². The summed E-state index contributed by atoms with van der Waals surface area (Å²) >= 11 is 0. The first-order valence-corrected chi connectivity index (χ1v) is 11.2. The molecule has 0 atom stereocenters. The number of aromatic nitrogens is 3. The van der Waals surface area contributed by atoms with Gasteiger partial charge in [-0.2, -0.15) is 15.0 Å². The number of benzene rings is 3. The van der Waals surface area contributed by atoms with Crippen molar-refractivity contribution in [2.45, 2.75) is 20.8 Å². The number of hydrogen-bond donors (Lipinski definition) is 5. The van der Waals surface area contributed by atoms with E-state index >= 15 is 0 Å². The second-order valence-electron chi connectivity index (χ2n) is 8.06. The predicted octanol–water partition coefficient (Wildman–Crippen LogP) is 5.33. The van der Waals surface area contributed by atoms with Crippen LogP contribution in [0.5, 0.6) is 0 Å². The van der Waals surface area contributed by atoms with Gasteiger partial charge < -0.3 is 26.6 Å². The van der Waals surface area contributed by atoms with Crippen molar-refractivity contribution in [3.8, 4) is 0 Å². The standard InChI is InChI=1S/C26H26N8O2/c1-16-4-6-21(7-5-16)29-24-32-25(30-22-12-8-19(9-13-22)27-17(2)35)34-26(33-24)31-23-14-10-20(11-15-23)28-18(3)36/h4-15H,1-3H3,(H,27,35)(H,28,36)(H3,29,30,31,32,33,34). The first-order valence-electron chi connectivity index (χ1n) is 11.2. The fourth-order valence-electron chi connectivity index (χ4n) is 3.25. The summed E-state index contributed by atoms with van der Waals surface area (Å²) in [6.07, 6.45) is 0. The zero-order valence-corrected chi connectivity index (χ0v) is 20.1. The molecule has 0 bridgehead atoms. The molecule has 2 amide bonds. The van der Waals surface area contributed by atoms with Crippen LogP contribution in [0.15, 0.2) is 72.8 Å². The lowest BCUT2D eigenvalue weighted by molar-refractivity contribution is -0.115. The summed E-state index contributed by atoms with van der Waals surface area (Å²) in [5, 5.41) is 15.0. The van der Waals surface area contributed by atoms with Crippen LogP contribution >= 0.6 is 0 Å². The highest BCUT2D eigenvalue weighted by atomic mass is 16.2. The van der Waals surface area contributed by atoms with Crippen molar-refractivity contribution in [1.29, 1.82) is 0 Å². The van der Waals surface area contributed by atoms with Gasteiger partial charge >= 0.3 is 0 Å². The first kappa shape index (κ1) is 24.1. The second-order valence-corrected chi connectivity index (χ2v) is 8.06. The number of hydrogen-bond acceptors (Lipinski definition) is 8. The molecule has 4 rings (SSSR count). The van der Waals surface area contributed by atoms with Crippen molar-refractivity contribution < 1.29 is 9.59 Å². The van der Waals surface area contributed by atoms with E-state index in [0.29, 0.717) is 29.2 Å². The Kier molecular flexibility index (Phi) is 7.35. The molecule has 10 heteroatoms. The zero-order chi connectivity index (χ0) is 25.5. The molecule has 5 N–H and O–H groups in total. The molecule has 0 saturated heterocycles. The van der Waals surface area contributed by atoms with E-state index in [9.17, 15) is 9.59 Å². The van der Waals surface area contributed by atoms with Crippen LogP contribution in [-0.4, -0.2) is 26.8 Å². The number of nitrogens with one attached hydrogen (secondary N) is 5. The number of carbonyl (C=O) groups excluding carboxylic acids is 2. The van der Waals surface area contributed by atoms with Gasteiger partial charge in [-0.25, -0.2) is 0 Å². The van der Waals surface area contributed by atoms with Crippen LogP contribution in [0, 0.1) is 6.92 Å². The zero-order valence-electron chi connectivity index (χ0n) is 20.1. The van der Waals surface area contributed by atoms with E-state index in [1.165, 1.54) is 13.8 Å². The molecule has 4 aromatic rings. The van der Waals surface area contributed by atoms with Crippen molar-refractivity contribution in [3.63, 3.8) is 0 Å². The van der Waals surface area contributed by atoms with Crippen molar-refractivity contribution in [2.24, 2.45) is 0 Å². The summed E-state index contributed by atoms with van der Waals surface area (Å²) in [5.41, 5.74) is 4.84. The molecule has 10 nitrogen and oxygen atoms in total. The third-order valence-electron chi connectivity index (χ3n) is 4.87. The van der Waals surface area contributed by atoms with Gasteiger partial charge in [0.2, 0.25) is 29.7 Å². The molecule has 0 aliphatic carbocycles. The monoisotopic (exact) mass is 482 g/mol. The quantitative estimate of drug-likeness (QED) is 0.228. The molecule has 1 aromatic heterocycles. The molecule has 0 aliphatic rings. The van der Waals surface area contributed by atoms with Gasteiger partial charge in [0.05, 0.1) is 0 Å². The van der Waals surface area contributed by atoms with Gasteiger partial charge in [-0.05, 0) is 67.6 Å². The van der Waals surface area contributed by atoms with Crippen LogP contribution in [0.4, 0.5) is 46.3 Å². The highest BCUT2D eigenvalue weighted by molar-refractivity contribution is 5.89. The molecule has 0 saturated carbocycles. The van der Waals surface area contributed by atoms with Gasteiger partial charge in [0.15, 0.2) is 0 Å². The van der Waals surface area contributed by atoms with Gasteiger partial charge in [0.1, 0.15) is 0 Å². The SMILES string of the molecule is CC(=O)Nc1ccc(Nc2nc(Nc3ccc(C)cc3)nc(Nc3ccc(NC(C)=O)cc3)n2)cc1. The summed E-state index contributed by atoms with van der Waals surface area (Å²) in [6, 6.07) is 22.3. The van der Waals surface area contributed by atoms with Crippen LogP contribution in [0.1, 0.15) is 19.4 Å². The summed E-state index contributed by atoms with van der Waals surface area (Å²) in [7, 11) is 0. The molecule has 0 radical (unpaired) electrons. The average molecular weight is 483 g/mol. The highest BCUT2D eigenvalue weighted by Gasteiger charge is 2.09. The van der Waals surface area contributed by atoms with Gasteiger partial charge in [-0.15, -0.1) is 0 Å². The van der Waals surface area contributed by atoms with Crippen LogP contribution in [0.25, 0.3) is 0 Å². The van der Waals surface area contributed by atoms with E-state index in [4.69, 9.17) is 0 Å². The van der Waals surface area contributed by atoms with Crippen molar-refractivity contribution in [3.05, 3.63) is 78.4 Å². The molecule has 0 aliphatic heterocycles. The number of anilines is 8. The minimum absolute atomic E-state index is 0.138. The molecule has 0 unspecified atom stereocenters. The largest absolute Gasteiger partial charge is 0.326 e. The van der Waals surface area contributed by atoms with Gasteiger partial charge in [0.25, 0.3) is 0 Å². The third kappa shape index (κ3) is 7.00. The number of carbonyl (C=O) groups is 2. The van der Waals surface area contributed by atoms with Crippen LogP contribution in [-0.2, 0) is 9.59 Å². The van der Waals surface area contributed by atoms with Gasteiger partial charge in [-0.1, -0.05) is 17.7 Å². The maximum atomic E-state index is 11.3. The van der Waals surface area contributed by atoms with Crippen molar-refractivity contribution in [2.75, 3.05) is 26.6 Å². The van der Waals surface area contributed by atoms with Crippen LogP contribution in [0.2, 0.25) is 0 Å². The second kappa shape index (κ2) is 11.0. The lowest BCUT2D eigenvalue weighted by Crippen LogP contribution is -2.08. The minimum atomic E-state index is -0.138. The maximum Gasteiger partial charge on any atom is 0.233 e. The number of amides is 2. The summed E-state index contributed by atoms with van der Waals surface area (Å²) < 4.78 is 0. The van der Waals surface area contributed by atoms with Crippen molar-refractivity contribution >= 4 is 58.1 Å². The maximum absolute atomic E-state index is 11.3. The van der Waals surface area contributed by atoms with E-state index in [0.717, 1.165) is 22.6 Å². The molecule has 0 fully saturated rings. The van der Waals surface area contributed by atoms with Crippen LogP contribution < -0.4 is 26.6 Å². The highest BCUT2D eigenvalue weighted by Crippen LogP contribution is 2.23. The summed E-state index contributed by atoms with van der Waals surface area (Å²) in [5.74, 6) is 0.721. The molecule has 0 spiro atoms. The van der Waals surface area contributed by atoms with E-state index in [2.05, 4.69) is 41.5 Å². The van der Waals surface area contributed by atoms with Gasteiger partial charge in [0, 0.05) is 42.3 Å². The average Bonchev–Trinajstić information content (AvgIpc) is 2.82. The Morgan fingerprint density at radius 2 is 0.778 bits per heavy atom. The Morgan fingerprint density at radius 3 is 1.08 bits per heavy atom. The Morgan fingerprint density at radius 1 is 0.500 bits per heavy atom.